The number of carboxylic acid groups (broad SMARTS) is 1. The number of aliphatic carboxylic acids is 1. The SMILES string of the molecule is CCCOc1ccc(NC(=O)N2CCCC(C(=O)O)C2)cc1Cl. The third kappa shape index (κ3) is 4.76. The lowest BCUT2D eigenvalue weighted by molar-refractivity contribution is -0.143. The predicted octanol–water partition coefficient (Wildman–Crippen LogP) is 3.46. The number of likely N-dealkylation sites (tertiary alicyclic amines) is 1. The van der Waals surface area contributed by atoms with Gasteiger partial charge < -0.3 is 20.1 Å². The molecule has 126 valence electrons. The van der Waals surface area contributed by atoms with Gasteiger partial charge in [-0.25, -0.2) is 4.79 Å². The van der Waals surface area contributed by atoms with Gasteiger partial charge in [-0.05, 0) is 37.5 Å². The Labute approximate surface area is 140 Å². The van der Waals surface area contributed by atoms with Gasteiger partial charge >= 0.3 is 12.0 Å². The number of benzene rings is 1. The predicted molar refractivity (Wildman–Crippen MR) is 88.2 cm³/mol. The van der Waals surface area contributed by atoms with Crippen LogP contribution >= 0.6 is 11.6 Å². The average Bonchev–Trinajstić information content (AvgIpc) is 2.54. The molecule has 1 atom stereocenters. The van der Waals surface area contributed by atoms with Gasteiger partial charge in [-0.3, -0.25) is 4.79 Å². The van der Waals surface area contributed by atoms with Crippen molar-refractivity contribution in [1.29, 1.82) is 0 Å². The molecule has 0 saturated carbocycles. The summed E-state index contributed by atoms with van der Waals surface area (Å²) >= 11 is 6.13. The van der Waals surface area contributed by atoms with Crippen molar-refractivity contribution in [3.8, 4) is 5.75 Å². The first-order valence-corrected chi connectivity index (χ1v) is 8.10. The topological polar surface area (TPSA) is 78.9 Å². The summed E-state index contributed by atoms with van der Waals surface area (Å²) in [6, 6.07) is 4.75. The molecule has 0 bridgehead atoms. The Morgan fingerprint density at radius 2 is 2.26 bits per heavy atom. The Hall–Kier alpha value is -1.95. The molecule has 1 aromatic rings. The second-order valence-corrected chi connectivity index (χ2v) is 5.95. The van der Waals surface area contributed by atoms with Crippen LogP contribution in [0.5, 0.6) is 5.75 Å². The largest absolute Gasteiger partial charge is 0.492 e. The highest BCUT2D eigenvalue weighted by atomic mass is 35.5. The van der Waals surface area contributed by atoms with Crippen molar-refractivity contribution in [1.82, 2.24) is 4.90 Å². The second-order valence-electron chi connectivity index (χ2n) is 5.55. The van der Waals surface area contributed by atoms with E-state index in [2.05, 4.69) is 5.32 Å². The molecular formula is C16H21ClN2O4. The average molecular weight is 341 g/mol. The molecule has 1 unspecified atom stereocenters. The number of carbonyl (C=O) groups excluding carboxylic acids is 1. The second kappa shape index (κ2) is 8.06. The van der Waals surface area contributed by atoms with E-state index >= 15 is 0 Å². The number of nitrogens with zero attached hydrogens (tertiary/aromatic N) is 1. The first kappa shape index (κ1) is 17.4. The van der Waals surface area contributed by atoms with Crippen LogP contribution in [0.1, 0.15) is 26.2 Å². The van der Waals surface area contributed by atoms with Crippen LogP contribution in [0.3, 0.4) is 0 Å². The summed E-state index contributed by atoms with van der Waals surface area (Å²) in [6.45, 7) is 3.37. The van der Waals surface area contributed by atoms with Gasteiger partial charge in [0.15, 0.2) is 0 Å². The highest BCUT2D eigenvalue weighted by molar-refractivity contribution is 6.32. The van der Waals surface area contributed by atoms with E-state index < -0.39 is 11.9 Å². The summed E-state index contributed by atoms with van der Waals surface area (Å²) in [4.78, 5) is 24.8. The molecule has 1 fully saturated rings. The van der Waals surface area contributed by atoms with Crippen molar-refractivity contribution in [3.05, 3.63) is 23.2 Å². The fourth-order valence-electron chi connectivity index (χ4n) is 2.47. The number of hydrogen-bond acceptors (Lipinski definition) is 3. The number of halogens is 1. The normalized spacial score (nSPS) is 17.7. The lowest BCUT2D eigenvalue weighted by Gasteiger charge is -2.30. The van der Waals surface area contributed by atoms with Gasteiger partial charge in [-0.1, -0.05) is 18.5 Å². The maximum Gasteiger partial charge on any atom is 0.321 e. The summed E-state index contributed by atoms with van der Waals surface area (Å²) in [6.07, 6.45) is 2.18. The van der Waals surface area contributed by atoms with Crippen molar-refractivity contribution >= 4 is 29.3 Å². The molecule has 0 radical (unpaired) electrons. The van der Waals surface area contributed by atoms with Crippen LogP contribution in [0.25, 0.3) is 0 Å². The van der Waals surface area contributed by atoms with E-state index in [-0.39, 0.29) is 12.6 Å². The van der Waals surface area contributed by atoms with Gasteiger partial charge in [0.05, 0.1) is 17.5 Å². The molecule has 0 spiro atoms. The van der Waals surface area contributed by atoms with Crippen molar-refractivity contribution in [2.75, 3.05) is 25.0 Å². The molecule has 0 aromatic heterocycles. The molecule has 6 nitrogen and oxygen atoms in total. The molecule has 1 heterocycles. The van der Waals surface area contributed by atoms with Crippen LogP contribution in [0, 0.1) is 5.92 Å². The van der Waals surface area contributed by atoms with E-state index in [1.54, 1.807) is 18.2 Å². The molecule has 7 heteroatoms. The monoisotopic (exact) mass is 340 g/mol. The molecule has 2 rings (SSSR count). The summed E-state index contributed by atoms with van der Waals surface area (Å²) in [5, 5.41) is 12.3. The zero-order valence-corrected chi connectivity index (χ0v) is 13.8. The summed E-state index contributed by atoms with van der Waals surface area (Å²) in [5.74, 6) is -0.777. The quantitative estimate of drug-likeness (QED) is 0.860. The Morgan fingerprint density at radius 3 is 2.91 bits per heavy atom. The van der Waals surface area contributed by atoms with E-state index in [1.165, 1.54) is 4.90 Å². The molecular weight excluding hydrogens is 320 g/mol. The van der Waals surface area contributed by atoms with Gasteiger partial charge in [0.2, 0.25) is 0 Å². The number of carboxylic acids is 1. The molecule has 2 amide bonds. The van der Waals surface area contributed by atoms with E-state index in [1.807, 2.05) is 6.92 Å². The third-order valence-electron chi connectivity index (χ3n) is 3.70. The van der Waals surface area contributed by atoms with E-state index in [4.69, 9.17) is 21.4 Å². The smallest absolute Gasteiger partial charge is 0.321 e. The highest BCUT2D eigenvalue weighted by Crippen LogP contribution is 2.28. The maximum absolute atomic E-state index is 12.3. The zero-order chi connectivity index (χ0) is 16.8. The molecule has 23 heavy (non-hydrogen) atoms. The first-order valence-electron chi connectivity index (χ1n) is 7.72. The number of carbonyl (C=O) groups is 2. The highest BCUT2D eigenvalue weighted by Gasteiger charge is 2.28. The Morgan fingerprint density at radius 1 is 1.48 bits per heavy atom. The van der Waals surface area contributed by atoms with Crippen LogP contribution < -0.4 is 10.1 Å². The van der Waals surface area contributed by atoms with Gasteiger partial charge in [0, 0.05) is 18.8 Å². The molecule has 2 N–H and O–H groups in total. The summed E-state index contributed by atoms with van der Waals surface area (Å²) in [5.41, 5.74) is 0.557. The number of urea groups is 1. The van der Waals surface area contributed by atoms with Crippen molar-refractivity contribution in [3.63, 3.8) is 0 Å². The molecule has 1 aromatic carbocycles. The van der Waals surface area contributed by atoms with Crippen LogP contribution in [-0.2, 0) is 4.79 Å². The third-order valence-corrected chi connectivity index (χ3v) is 4.00. The number of amides is 2. The minimum absolute atomic E-state index is 0.229. The lowest BCUT2D eigenvalue weighted by atomic mass is 9.99. The van der Waals surface area contributed by atoms with E-state index in [0.29, 0.717) is 42.5 Å². The first-order chi connectivity index (χ1) is 11.0. The number of rotatable bonds is 5. The number of hydrogen-bond donors (Lipinski definition) is 2. The number of nitrogens with one attached hydrogen (secondary N) is 1. The lowest BCUT2D eigenvalue weighted by Crippen LogP contribution is -2.44. The standard InChI is InChI=1S/C16H21ClN2O4/c1-2-8-23-14-6-5-12(9-13(14)17)18-16(22)19-7-3-4-11(10-19)15(20)21/h5-6,9,11H,2-4,7-8,10H2,1H3,(H,18,22)(H,20,21). The Balaban J connectivity index is 1.97. The minimum Gasteiger partial charge on any atom is -0.492 e. The van der Waals surface area contributed by atoms with Gasteiger partial charge in [-0.2, -0.15) is 0 Å². The Kier molecular flexibility index (Phi) is 6.10. The number of piperidine rings is 1. The van der Waals surface area contributed by atoms with Gasteiger partial charge in [-0.15, -0.1) is 0 Å². The molecule has 1 aliphatic rings. The van der Waals surface area contributed by atoms with Crippen LogP contribution in [0.4, 0.5) is 10.5 Å². The number of ether oxygens (including phenoxy) is 1. The van der Waals surface area contributed by atoms with E-state index in [9.17, 15) is 9.59 Å². The van der Waals surface area contributed by atoms with E-state index in [0.717, 1.165) is 6.42 Å². The van der Waals surface area contributed by atoms with Crippen LogP contribution in [-0.4, -0.2) is 41.7 Å². The van der Waals surface area contributed by atoms with Crippen molar-refractivity contribution < 1.29 is 19.4 Å². The van der Waals surface area contributed by atoms with Gasteiger partial charge in [0.25, 0.3) is 0 Å². The summed E-state index contributed by atoms with van der Waals surface area (Å²) in [7, 11) is 0. The Bertz CT molecular complexity index is 579. The maximum atomic E-state index is 12.3. The van der Waals surface area contributed by atoms with Crippen LogP contribution in [0.15, 0.2) is 18.2 Å². The number of anilines is 1. The zero-order valence-electron chi connectivity index (χ0n) is 13.0. The molecule has 1 aliphatic heterocycles. The molecule has 0 aliphatic carbocycles. The van der Waals surface area contributed by atoms with Crippen molar-refractivity contribution in [2.24, 2.45) is 5.92 Å². The van der Waals surface area contributed by atoms with Crippen LogP contribution in [0.2, 0.25) is 5.02 Å². The summed E-state index contributed by atoms with van der Waals surface area (Å²) < 4.78 is 5.48. The van der Waals surface area contributed by atoms with Gasteiger partial charge in [0.1, 0.15) is 5.75 Å². The molecule has 1 saturated heterocycles. The fraction of sp³-hybridized carbons (Fsp3) is 0.500. The van der Waals surface area contributed by atoms with Crippen molar-refractivity contribution in [2.45, 2.75) is 26.2 Å². The minimum atomic E-state index is -0.858. The fourth-order valence-corrected chi connectivity index (χ4v) is 2.71.